The van der Waals surface area contributed by atoms with E-state index in [1.54, 1.807) is 0 Å². The maximum absolute atomic E-state index is 10.2. The molecule has 0 rings (SSSR count). The van der Waals surface area contributed by atoms with Gasteiger partial charge in [-0.15, -0.1) is 0 Å². The van der Waals surface area contributed by atoms with Crippen LogP contribution in [0.3, 0.4) is 0 Å². The Hall–Kier alpha value is -1.26. The van der Waals surface area contributed by atoms with Crippen LogP contribution in [0.25, 0.3) is 0 Å². The van der Waals surface area contributed by atoms with Gasteiger partial charge in [-0.3, -0.25) is 19.2 Å². The number of ether oxygens (including phenoxy) is 4. The van der Waals surface area contributed by atoms with Crippen molar-refractivity contribution >= 4 is 23.9 Å². The van der Waals surface area contributed by atoms with E-state index >= 15 is 0 Å². The quantitative estimate of drug-likeness (QED) is 0.169. The number of carbonyl (C=O) groups is 4. The number of esters is 4. The first-order valence-corrected chi connectivity index (χ1v) is 4.42. The first kappa shape index (κ1) is 27.1. The summed E-state index contributed by atoms with van der Waals surface area (Å²) in [5.41, 5.74) is 0. The van der Waals surface area contributed by atoms with Gasteiger partial charge in [0.05, 0.1) is 28.4 Å². The molecule has 0 amide bonds. The zero-order valence-corrected chi connectivity index (χ0v) is 12.7. The Morgan fingerprint density at radius 3 is 0.850 bits per heavy atom. The molecule has 0 saturated carbocycles. The predicted octanol–water partition coefficient (Wildman–Crippen LogP) is -3.93. The molecule has 0 aromatic carbocycles. The fourth-order valence-electron chi connectivity index (χ4n) is 0.428. The molecule has 114 valence electrons. The van der Waals surface area contributed by atoms with Crippen molar-refractivity contribution < 1.29 is 74.1 Å². The molecule has 0 bridgehead atoms. The van der Waals surface area contributed by atoms with E-state index in [0.29, 0.717) is 0 Å². The summed E-state index contributed by atoms with van der Waals surface area (Å²) in [5, 5.41) is 0. The molecule has 0 unspecified atom stereocenters. The molecule has 8 nitrogen and oxygen atoms in total. The van der Waals surface area contributed by atoms with Gasteiger partial charge in [0.1, 0.15) is 0 Å². The molecule has 0 aliphatic carbocycles. The molecule has 0 spiro atoms. The normalized spacial score (nSPS) is 7.00. The first-order chi connectivity index (χ1) is 8.40. The average Bonchev–Trinajstić information content (AvgIpc) is 2.38. The van der Waals surface area contributed by atoms with Crippen molar-refractivity contribution in [3.05, 3.63) is 12.8 Å². The van der Waals surface area contributed by atoms with E-state index in [1.165, 1.54) is 28.4 Å². The van der Waals surface area contributed by atoms with Crippen molar-refractivity contribution in [2.45, 2.75) is 0 Å². The summed E-state index contributed by atoms with van der Waals surface area (Å²) in [6.45, 7) is 0. The van der Waals surface area contributed by atoms with Gasteiger partial charge in [-0.2, -0.15) is 12.8 Å². The molecule has 0 radical (unpaired) electrons. The van der Waals surface area contributed by atoms with E-state index in [0.717, 1.165) is 12.8 Å². The second-order valence-electron chi connectivity index (χ2n) is 2.38. The molecule has 0 aromatic rings. The molecule has 0 aliphatic heterocycles. The van der Waals surface area contributed by atoms with Gasteiger partial charge in [0.2, 0.25) is 0 Å². The van der Waals surface area contributed by atoms with Gasteiger partial charge in [0, 0.05) is 0 Å². The van der Waals surface area contributed by atoms with Gasteiger partial charge in [-0.05, 0) is 0 Å². The molecule has 0 saturated heterocycles. The molecule has 0 atom stereocenters. The topological polar surface area (TPSA) is 105 Å². The Bertz CT molecular complexity index is 250. The molecule has 0 aromatic heterocycles. The van der Waals surface area contributed by atoms with Crippen LogP contribution in [0.1, 0.15) is 0 Å². The predicted molar refractivity (Wildman–Crippen MR) is 56.7 cm³/mol. The van der Waals surface area contributed by atoms with Crippen LogP contribution in [0.15, 0.2) is 0 Å². The van der Waals surface area contributed by atoms with Crippen molar-refractivity contribution in [1.29, 1.82) is 0 Å². The summed E-state index contributed by atoms with van der Waals surface area (Å²) in [4.78, 5) is 40.8. The Balaban J connectivity index is -0.000000116. The summed E-state index contributed by atoms with van der Waals surface area (Å²) in [6.07, 6.45) is 1.44. The monoisotopic (exact) mass is 332 g/mol. The van der Waals surface area contributed by atoms with E-state index in [2.05, 4.69) is 18.9 Å². The van der Waals surface area contributed by atoms with Crippen molar-refractivity contribution in [2.75, 3.05) is 28.4 Å². The number of hydrogen-bond acceptors (Lipinski definition) is 8. The summed E-state index contributed by atoms with van der Waals surface area (Å²) < 4.78 is 16.5. The Morgan fingerprint density at radius 1 is 0.600 bits per heavy atom. The summed E-state index contributed by atoms with van der Waals surface area (Å²) in [5.74, 6) is -2.83. The second kappa shape index (κ2) is 17.7. The van der Waals surface area contributed by atoms with Crippen LogP contribution in [0, 0.1) is 12.8 Å². The Morgan fingerprint density at radius 2 is 0.750 bits per heavy atom. The van der Waals surface area contributed by atoms with E-state index in [-0.39, 0.29) is 35.9 Å². The smallest absolute Gasteiger partial charge is 0.491 e. The summed E-state index contributed by atoms with van der Waals surface area (Å²) in [6, 6.07) is 0. The van der Waals surface area contributed by atoms with Crippen molar-refractivity contribution in [2.24, 2.45) is 0 Å². The van der Waals surface area contributed by atoms with Gasteiger partial charge < -0.3 is 18.9 Å². The standard InChI is InChI=1S/2C5H7O4.Cu.Li/c2*1-8-4(6)3-5(7)9-2;;/h2*3H,1-2H3;;/q2*-1;2*+1. The van der Waals surface area contributed by atoms with Crippen LogP contribution in [0.2, 0.25) is 0 Å². The fraction of sp³-hybridized carbons (Fsp3) is 0.400. The SMILES string of the molecule is COC(=O)[CH-]C(=O)OC.COC(=O)[CH-]C(=O)OC.[Cu+].[Li+]. The maximum atomic E-state index is 10.2. The van der Waals surface area contributed by atoms with E-state index in [9.17, 15) is 19.2 Å². The van der Waals surface area contributed by atoms with Crippen LogP contribution in [0.4, 0.5) is 0 Å². The first-order valence-electron chi connectivity index (χ1n) is 4.42. The number of rotatable bonds is 4. The van der Waals surface area contributed by atoms with Crippen LogP contribution >= 0.6 is 0 Å². The zero-order valence-electron chi connectivity index (χ0n) is 11.7. The Labute approximate surface area is 139 Å². The van der Waals surface area contributed by atoms with Crippen LogP contribution in [0.5, 0.6) is 0 Å². The number of methoxy groups -OCH3 is 4. The summed E-state index contributed by atoms with van der Waals surface area (Å²) >= 11 is 0. The van der Waals surface area contributed by atoms with Gasteiger partial charge in [0.25, 0.3) is 0 Å². The molecule has 0 N–H and O–H groups in total. The molecule has 10 heteroatoms. The minimum Gasteiger partial charge on any atom is -0.491 e. The number of carbonyl (C=O) groups excluding carboxylic acids is 4. The van der Waals surface area contributed by atoms with Crippen LogP contribution < -0.4 is 18.9 Å². The summed E-state index contributed by atoms with van der Waals surface area (Å²) in [7, 11) is 4.73. The maximum Gasteiger partial charge on any atom is 1.00 e. The van der Waals surface area contributed by atoms with Crippen molar-refractivity contribution in [3.63, 3.8) is 0 Å². The third kappa shape index (κ3) is 19.1. The van der Waals surface area contributed by atoms with Crippen LogP contribution in [-0.2, 0) is 55.2 Å². The minimum absolute atomic E-state index is 0. The molecular formula is C10H14CuLiO8. The van der Waals surface area contributed by atoms with E-state index in [1.807, 2.05) is 0 Å². The molecule has 0 heterocycles. The van der Waals surface area contributed by atoms with Gasteiger partial charge >= 0.3 is 35.9 Å². The molecule has 20 heavy (non-hydrogen) atoms. The van der Waals surface area contributed by atoms with E-state index < -0.39 is 23.9 Å². The van der Waals surface area contributed by atoms with Gasteiger partial charge in [-0.25, -0.2) is 0 Å². The van der Waals surface area contributed by atoms with Gasteiger partial charge in [-0.1, -0.05) is 0 Å². The number of hydrogen-bond donors (Lipinski definition) is 0. The Kier molecular flexibility index (Phi) is 24.1. The van der Waals surface area contributed by atoms with Crippen LogP contribution in [-0.4, -0.2) is 52.3 Å². The largest absolute Gasteiger partial charge is 1.00 e. The van der Waals surface area contributed by atoms with Gasteiger partial charge in [0.15, 0.2) is 23.9 Å². The van der Waals surface area contributed by atoms with Crippen molar-refractivity contribution in [1.82, 2.24) is 0 Å². The zero-order chi connectivity index (χ0) is 14.6. The third-order valence-electron chi connectivity index (χ3n) is 1.28. The van der Waals surface area contributed by atoms with E-state index in [4.69, 9.17) is 0 Å². The molecule has 0 fully saturated rings. The van der Waals surface area contributed by atoms with Crippen molar-refractivity contribution in [3.8, 4) is 0 Å². The average molecular weight is 333 g/mol. The third-order valence-corrected chi connectivity index (χ3v) is 1.28. The fourth-order valence-corrected chi connectivity index (χ4v) is 0.428. The minimum atomic E-state index is -0.707. The second-order valence-corrected chi connectivity index (χ2v) is 2.38. The molecular weight excluding hydrogens is 319 g/mol. The molecule has 0 aliphatic rings.